The molecule has 1 saturated heterocycles. The molecule has 5 nitrogen and oxygen atoms in total. The van der Waals surface area contributed by atoms with Crippen molar-refractivity contribution in [3.8, 4) is 0 Å². The summed E-state index contributed by atoms with van der Waals surface area (Å²) in [5.41, 5.74) is 2.13. The molecular formula is C15H27ClN4O. The van der Waals surface area contributed by atoms with Gasteiger partial charge in [-0.1, -0.05) is 24.9 Å². The molecule has 1 aromatic heterocycles. The van der Waals surface area contributed by atoms with E-state index in [9.17, 15) is 0 Å². The summed E-state index contributed by atoms with van der Waals surface area (Å²) >= 11 is 6.43. The molecule has 120 valence electrons. The van der Waals surface area contributed by atoms with Crippen molar-refractivity contribution in [2.45, 2.75) is 45.9 Å². The summed E-state index contributed by atoms with van der Waals surface area (Å²) in [4.78, 5) is 2.30. The largest absolute Gasteiger partial charge is 0.374 e. The fraction of sp³-hybridized carbons (Fsp3) is 0.800. The molecule has 0 saturated carbocycles. The van der Waals surface area contributed by atoms with Crippen LogP contribution in [0.3, 0.4) is 0 Å². The Morgan fingerprint density at radius 2 is 2.29 bits per heavy atom. The minimum absolute atomic E-state index is 0.262. The molecule has 1 N–H and O–H groups in total. The molecule has 0 radical (unpaired) electrons. The van der Waals surface area contributed by atoms with Crippen LogP contribution < -0.4 is 5.32 Å². The number of halogens is 1. The molecule has 1 aromatic rings. The van der Waals surface area contributed by atoms with E-state index in [1.54, 1.807) is 0 Å². The van der Waals surface area contributed by atoms with Crippen molar-refractivity contribution < 1.29 is 4.74 Å². The zero-order chi connectivity index (χ0) is 15.2. The monoisotopic (exact) mass is 314 g/mol. The van der Waals surface area contributed by atoms with Gasteiger partial charge in [0.15, 0.2) is 0 Å². The number of rotatable bonds is 7. The lowest BCUT2D eigenvalue weighted by molar-refractivity contribution is -0.0182. The second-order valence-electron chi connectivity index (χ2n) is 5.82. The molecule has 0 spiro atoms. The molecule has 1 atom stereocenters. The SMILES string of the molecule is CCCCn1nc(C)c(CNCC2CN(C)CCO2)c1Cl. The second kappa shape index (κ2) is 8.13. The Bertz CT molecular complexity index is 449. The molecule has 1 aliphatic heterocycles. The van der Waals surface area contributed by atoms with Crippen molar-refractivity contribution in [3.05, 3.63) is 16.4 Å². The van der Waals surface area contributed by atoms with E-state index in [-0.39, 0.29) is 6.10 Å². The minimum atomic E-state index is 0.262. The van der Waals surface area contributed by atoms with Crippen molar-refractivity contribution in [3.63, 3.8) is 0 Å². The van der Waals surface area contributed by atoms with Gasteiger partial charge < -0.3 is 15.0 Å². The summed E-state index contributed by atoms with van der Waals surface area (Å²) in [5.74, 6) is 0. The third-order valence-corrected chi connectivity index (χ3v) is 4.35. The van der Waals surface area contributed by atoms with E-state index in [0.29, 0.717) is 0 Å². The van der Waals surface area contributed by atoms with Gasteiger partial charge in [0.05, 0.1) is 18.4 Å². The molecule has 21 heavy (non-hydrogen) atoms. The van der Waals surface area contributed by atoms with Gasteiger partial charge in [-0.25, -0.2) is 0 Å². The second-order valence-corrected chi connectivity index (χ2v) is 6.18. The molecule has 6 heteroatoms. The summed E-state index contributed by atoms with van der Waals surface area (Å²) in [6.45, 7) is 9.51. The number of nitrogens with one attached hydrogen (secondary N) is 1. The number of likely N-dealkylation sites (N-methyl/N-ethyl adjacent to an activating group) is 1. The standard InChI is InChI=1S/C15H27ClN4O/c1-4-5-6-20-15(16)14(12(2)18-20)10-17-9-13-11-19(3)7-8-21-13/h13,17H,4-11H2,1-3H3. The molecular weight excluding hydrogens is 288 g/mol. The zero-order valence-electron chi connectivity index (χ0n) is 13.4. The first-order chi connectivity index (χ1) is 10.1. The number of ether oxygens (including phenoxy) is 1. The molecule has 0 amide bonds. The maximum absolute atomic E-state index is 6.43. The van der Waals surface area contributed by atoms with Gasteiger partial charge in [-0.15, -0.1) is 0 Å². The van der Waals surface area contributed by atoms with E-state index in [0.717, 1.165) is 68.6 Å². The quantitative estimate of drug-likeness (QED) is 0.836. The number of aryl methyl sites for hydroxylation is 2. The third kappa shape index (κ3) is 4.68. The van der Waals surface area contributed by atoms with Crippen molar-refractivity contribution in [1.29, 1.82) is 0 Å². The van der Waals surface area contributed by atoms with Crippen LogP contribution in [-0.4, -0.2) is 54.1 Å². The highest BCUT2D eigenvalue weighted by molar-refractivity contribution is 6.30. The number of hydrogen-bond donors (Lipinski definition) is 1. The Morgan fingerprint density at radius 1 is 1.48 bits per heavy atom. The number of hydrogen-bond acceptors (Lipinski definition) is 4. The van der Waals surface area contributed by atoms with Crippen molar-refractivity contribution in [2.75, 3.05) is 33.3 Å². The Balaban J connectivity index is 1.83. The van der Waals surface area contributed by atoms with Gasteiger partial charge in [0.25, 0.3) is 0 Å². The molecule has 1 aliphatic rings. The first-order valence-electron chi connectivity index (χ1n) is 7.84. The lowest BCUT2D eigenvalue weighted by Crippen LogP contribution is -2.44. The van der Waals surface area contributed by atoms with E-state index in [1.165, 1.54) is 0 Å². The molecule has 2 rings (SSSR count). The molecule has 1 unspecified atom stereocenters. The van der Waals surface area contributed by atoms with Crippen LogP contribution in [0, 0.1) is 6.92 Å². The summed E-state index contributed by atoms with van der Waals surface area (Å²) in [6, 6.07) is 0. The van der Waals surface area contributed by atoms with E-state index in [2.05, 4.69) is 29.3 Å². The third-order valence-electron chi connectivity index (χ3n) is 3.92. The molecule has 2 heterocycles. The highest BCUT2D eigenvalue weighted by Gasteiger charge is 2.18. The van der Waals surface area contributed by atoms with Crippen molar-refractivity contribution in [2.24, 2.45) is 0 Å². The van der Waals surface area contributed by atoms with E-state index in [4.69, 9.17) is 16.3 Å². The molecule has 0 aromatic carbocycles. The summed E-state index contributed by atoms with van der Waals surface area (Å²) in [7, 11) is 2.13. The Labute approximate surface area is 132 Å². The average molecular weight is 315 g/mol. The van der Waals surface area contributed by atoms with Gasteiger partial charge in [-0.3, -0.25) is 4.68 Å². The maximum Gasteiger partial charge on any atom is 0.131 e. The van der Waals surface area contributed by atoms with E-state index >= 15 is 0 Å². The zero-order valence-corrected chi connectivity index (χ0v) is 14.1. The fourth-order valence-corrected chi connectivity index (χ4v) is 2.92. The molecule has 0 bridgehead atoms. The Morgan fingerprint density at radius 3 is 3.00 bits per heavy atom. The van der Waals surface area contributed by atoms with E-state index < -0.39 is 0 Å². The number of aromatic nitrogens is 2. The predicted molar refractivity (Wildman–Crippen MR) is 85.8 cm³/mol. The smallest absolute Gasteiger partial charge is 0.131 e. The predicted octanol–water partition coefficient (Wildman–Crippen LogP) is 2.07. The van der Waals surface area contributed by atoms with Crippen LogP contribution in [0.4, 0.5) is 0 Å². The fourth-order valence-electron chi connectivity index (χ4n) is 2.60. The van der Waals surface area contributed by atoms with Gasteiger partial charge in [-0.05, 0) is 20.4 Å². The van der Waals surface area contributed by atoms with Gasteiger partial charge in [0.1, 0.15) is 5.15 Å². The summed E-state index contributed by atoms with van der Waals surface area (Å²) in [5, 5.41) is 8.76. The van der Waals surface area contributed by atoms with Gasteiger partial charge >= 0.3 is 0 Å². The first kappa shape index (κ1) is 16.7. The van der Waals surface area contributed by atoms with Crippen LogP contribution in [0.15, 0.2) is 0 Å². The normalized spacial score (nSPS) is 20.1. The topological polar surface area (TPSA) is 42.3 Å². The lowest BCUT2D eigenvalue weighted by atomic mass is 10.2. The number of unbranched alkanes of at least 4 members (excludes halogenated alkanes) is 1. The van der Waals surface area contributed by atoms with Crippen LogP contribution in [-0.2, 0) is 17.8 Å². The minimum Gasteiger partial charge on any atom is -0.374 e. The highest BCUT2D eigenvalue weighted by atomic mass is 35.5. The Hall–Kier alpha value is -0.620. The molecule has 0 aliphatic carbocycles. The molecule has 1 fully saturated rings. The number of morpholine rings is 1. The first-order valence-corrected chi connectivity index (χ1v) is 8.22. The summed E-state index contributed by atoms with van der Waals surface area (Å²) < 4.78 is 7.67. The van der Waals surface area contributed by atoms with E-state index in [1.807, 2.05) is 11.6 Å². The van der Waals surface area contributed by atoms with Crippen LogP contribution in [0.2, 0.25) is 5.15 Å². The highest BCUT2D eigenvalue weighted by Crippen LogP contribution is 2.20. The lowest BCUT2D eigenvalue weighted by Gasteiger charge is -2.30. The number of nitrogens with zero attached hydrogens (tertiary/aromatic N) is 3. The van der Waals surface area contributed by atoms with Crippen LogP contribution in [0.25, 0.3) is 0 Å². The van der Waals surface area contributed by atoms with Gasteiger partial charge in [0.2, 0.25) is 0 Å². The van der Waals surface area contributed by atoms with Gasteiger partial charge in [-0.2, -0.15) is 5.10 Å². The van der Waals surface area contributed by atoms with Crippen molar-refractivity contribution in [1.82, 2.24) is 20.0 Å². The van der Waals surface area contributed by atoms with Crippen LogP contribution >= 0.6 is 11.6 Å². The van der Waals surface area contributed by atoms with Crippen LogP contribution in [0.5, 0.6) is 0 Å². The Kier molecular flexibility index (Phi) is 6.48. The van der Waals surface area contributed by atoms with Crippen LogP contribution in [0.1, 0.15) is 31.0 Å². The summed E-state index contributed by atoms with van der Waals surface area (Å²) in [6.07, 6.45) is 2.52. The average Bonchev–Trinajstić information content (AvgIpc) is 2.72. The van der Waals surface area contributed by atoms with Gasteiger partial charge in [0, 0.05) is 38.3 Å². The van der Waals surface area contributed by atoms with Crippen molar-refractivity contribution >= 4 is 11.6 Å². The maximum atomic E-state index is 6.43.